The van der Waals surface area contributed by atoms with E-state index in [9.17, 15) is 4.79 Å². The summed E-state index contributed by atoms with van der Waals surface area (Å²) in [7, 11) is 0. The van der Waals surface area contributed by atoms with E-state index >= 15 is 0 Å². The summed E-state index contributed by atoms with van der Waals surface area (Å²) in [6.07, 6.45) is 3.71. The third-order valence-corrected chi connectivity index (χ3v) is 1.75. The molecule has 0 amide bonds. The van der Waals surface area contributed by atoms with Gasteiger partial charge >= 0.3 is 47.7 Å². The van der Waals surface area contributed by atoms with Crippen LogP contribution in [0.2, 0.25) is 0 Å². The first-order chi connectivity index (χ1) is 4.72. The van der Waals surface area contributed by atoms with Crippen LogP contribution in [0.25, 0.3) is 0 Å². The molecule has 0 aromatic rings. The average Bonchev–Trinajstić information content (AvgIpc) is 1.89. The number of carbonyl (C=O) groups is 1. The van der Waals surface area contributed by atoms with Crippen molar-refractivity contribution in [2.45, 2.75) is 39.5 Å². The molecule has 1 N–H and O–H groups in total. The Labute approximate surface area is 102 Å². The molecule has 1 atom stereocenters. The molecule has 0 fully saturated rings. The van der Waals surface area contributed by atoms with Crippen LogP contribution in [-0.4, -0.2) is 11.1 Å². The van der Waals surface area contributed by atoms with Gasteiger partial charge in [0.15, 0.2) is 0 Å². The molecule has 0 radical (unpaired) electrons. The SMILES string of the molecule is CCCCC(CC)C(=O)O.[CeH4]. The van der Waals surface area contributed by atoms with E-state index in [4.69, 9.17) is 5.11 Å². The van der Waals surface area contributed by atoms with E-state index in [0.717, 1.165) is 25.7 Å². The zero-order chi connectivity index (χ0) is 7.98. The molecule has 0 saturated carbocycles. The van der Waals surface area contributed by atoms with Gasteiger partial charge in [0, 0.05) is 0 Å². The number of hydrogen-bond donors (Lipinski definition) is 1. The van der Waals surface area contributed by atoms with Crippen LogP contribution in [0.4, 0.5) is 0 Å². The second-order valence-electron chi connectivity index (χ2n) is 2.59. The first kappa shape index (κ1) is 14.4. The van der Waals surface area contributed by atoms with Gasteiger partial charge in [-0.1, -0.05) is 26.7 Å². The fourth-order valence-electron chi connectivity index (χ4n) is 0.953. The molecule has 11 heavy (non-hydrogen) atoms. The minimum atomic E-state index is -0.643. The third kappa shape index (κ3) is 7.22. The molecule has 0 heterocycles. The molecule has 0 aromatic carbocycles. The molecule has 0 aliphatic carbocycles. The Morgan fingerprint density at radius 1 is 1.45 bits per heavy atom. The Morgan fingerprint density at radius 2 is 2.00 bits per heavy atom. The molecule has 0 aliphatic rings. The van der Waals surface area contributed by atoms with Gasteiger partial charge in [-0.05, 0) is 12.8 Å². The van der Waals surface area contributed by atoms with Crippen molar-refractivity contribution in [2.24, 2.45) is 5.92 Å². The molecule has 0 saturated heterocycles. The van der Waals surface area contributed by atoms with Gasteiger partial charge in [0.2, 0.25) is 0 Å². The Hall–Kier alpha value is 0.847. The maximum atomic E-state index is 10.4. The summed E-state index contributed by atoms with van der Waals surface area (Å²) in [5.74, 6) is -0.754. The van der Waals surface area contributed by atoms with Gasteiger partial charge in [0.25, 0.3) is 0 Å². The van der Waals surface area contributed by atoms with E-state index in [2.05, 4.69) is 6.92 Å². The van der Waals surface area contributed by atoms with E-state index in [-0.39, 0.29) is 47.7 Å². The topological polar surface area (TPSA) is 37.3 Å². The number of hydrogen-bond acceptors (Lipinski definition) is 1. The van der Waals surface area contributed by atoms with Crippen molar-refractivity contribution >= 4 is 5.97 Å². The van der Waals surface area contributed by atoms with Crippen LogP contribution in [0.1, 0.15) is 39.5 Å². The Balaban J connectivity index is 0. The van der Waals surface area contributed by atoms with E-state index < -0.39 is 5.97 Å². The minimum absolute atomic E-state index is 0. The molecular weight excluding hydrogens is 268 g/mol. The van der Waals surface area contributed by atoms with Crippen molar-refractivity contribution in [1.29, 1.82) is 0 Å². The van der Waals surface area contributed by atoms with E-state index in [1.807, 2.05) is 6.92 Å². The molecule has 0 rings (SSSR count). The van der Waals surface area contributed by atoms with Crippen LogP contribution < -0.4 is 0 Å². The zero-order valence-corrected chi connectivity index (χ0v) is 6.76. The van der Waals surface area contributed by atoms with Crippen molar-refractivity contribution in [3.05, 3.63) is 0 Å². The summed E-state index contributed by atoms with van der Waals surface area (Å²) in [6.45, 7) is 4.00. The second kappa shape index (κ2) is 8.94. The number of aliphatic carboxylic acids is 1. The molecule has 1 unspecified atom stereocenters. The molecule has 0 bridgehead atoms. The summed E-state index contributed by atoms with van der Waals surface area (Å²) >= 11 is 0. The Bertz CT molecular complexity index is 104. The maximum absolute atomic E-state index is 10.4. The predicted octanol–water partition coefficient (Wildman–Crippen LogP) is 1.22. The van der Waals surface area contributed by atoms with Gasteiger partial charge < -0.3 is 5.11 Å². The first-order valence-electron chi connectivity index (χ1n) is 3.95. The van der Waals surface area contributed by atoms with Gasteiger partial charge in [-0.15, -0.1) is 0 Å². The second-order valence-corrected chi connectivity index (χ2v) is 2.59. The first-order valence-corrected chi connectivity index (χ1v) is 3.95. The number of unbranched alkanes of at least 4 members (excludes halogenated alkanes) is 1. The molecule has 2 nitrogen and oxygen atoms in total. The standard InChI is InChI=1S/C8H16O2.Ce.4H/c1-3-5-6-7(4-2)8(9)10;;;;;/h7H,3-6H2,1-2H3,(H,9,10);;;;;. The normalized spacial score (nSPS) is 11.8. The van der Waals surface area contributed by atoms with E-state index in [0.29, 0.717) is 0 Å². The number of rotatable bonds is 5. The van der Waals surface area contributed by atoms with Gasteiger partial charge in [-0.3, -0.25) is 4.79 Å². The molecule has 0 aliphatic heterocycles. The van der Waals surface area contributed by atoms with Crippen molar-refractivity contribution in [3.8, 4) is 0 Å². The monoisotopic (exact) mass is 288 g/mol. The van der Waals surface area contributed by atoms with Crippen LogP contribution in [0.15, 0.2) is 0 Å². The summed E-state index contributed by atoms with van der Waals surface area (Å²) in [6, 6.07) is 0. The van der Waals surface area contributed by atoms with Crippen molar-refractivity contribution in [1.82, 2.24) is 0 Å². The number of carboxylic acid groups (broad SMARTS) is 1. The van der Waals surface area contributed by atoms with Gasteiger partial charge in [0.1, 0.15) is 0 Å². The summed E-state index contributed by atoms with van der Waals surface area (Å²) in [4.78, 5) is 10.4. The molecular formula is C8H20CeO2. The fourth-order valence-corrected chi connectivity index (χ4v) is 0.953. The molecule has 0 spiro atoms. The van der Waals surface area contributed by atoms with Gasteiger partial charge in [-0.25, -0.2) is 0 Å². The summed E-state index contributed by atoms with van der Waals surface area (Å²) < 4.78 is 0. The molecule has 3 heteroatoms. The van der Waals surface area contributed by atoms with Crippen molar-refractivity contribution < 1.29 is 51.6 Å². The van der Waals surface area contributed by atoms with E-state index in [1.165, 1.54) is 0 Å². The number of carboxylic acids is 1. The summed E-state index contributed by atoms with van der Waals surface area (Å²) in [5.41, 5.74) is 0. The van der Waals surface area contributed by atoms with E-state index in [1.54, 1.807) is 0 Å². The van der Waals surface area contributed by atoms with Gasteiger partial charge in [0.05, 0.1) is 5.92 Å². The molecule has 0 aromatic heterocycles. The zero-order valence-electron chi connectivity index (χ0n) is 6.76. The summed E-state index contributed by atoms with van der Waals surface area (Å²) in [5, 5.41) is 8.60. The molecule has 68 valence electrons. The fraction of sp³-hybridized carbons (Fsp3) is 0.875. The third-order valence-electron chi connectivity index (χ3n) is 1.75. The van der Waals surface area contributed by atoms with Crippen LogP contribution in [0.3, 0.4) is 0 Å². The quantitative estimate of drug-likeness (QED) is 0.826. The predicted molar refractivity (Wildman–Crippen MR) is 46.5 cm³/mol. The van der Waals surface area contributed by atoms with Crippen molar-refractivity contribution in [2.75, 3.05) is 0 Å². The van der Waals surface area contributed by atoms with Crippen LogP contribution in [0.5, 0.6) is 0 Å². The average molecular weight is 288 g/mol. The van der Waals surface area contributed by atoms with Crippen LogP contribution in [-0.2, 0) is 4.79 Å². The van der Waals surface area contributed by atoms with Crippen molar-refractivity contribution in [3.63, 3.8) is 0 Å². The Morgan fingerprint density at radius 3 is 2.27 bits per heavy atom. The van der Waals surface area contributed by atoms with Crippen LogP contribution in [0, 0.1) is 47.7 Å². The Kier molecular flexibility index (Phi) is 11.7. The van der Waals surface area contributed by atoms with Gasteiger partial charge in [-0.2, -0.15) is 0 Å². The van der Waals surface area contributed by atoms with Crippen LogP contribution >= 0.6 is 0 Å².